The molecule has 7 heteroatoms. The van der Waals surface area contributed by atoms with Crippen molar-refractivity contribution in [3.05, 3.63) is 168 Å². The van der Waals surface area contributed by atoms with Crippen molar-refractivity contribution >= 4 is 46.0 Å². The van der Waals surface area contributed by atoms with Crippen molar-refractivity contribution in [3.8, 4) is 39.5 Å². The third-order valence-corrected chi connectivity index (χ3v) is 12.6. The van der Waals surface area contributed by atoms with Crippen molar-refractivity contribution in [1.29, 1.82) is 0 Å². The van der Waals surface area contributed by atoms with Crippen molar-refractivity contribution in [2.45, 2.75) is 53.8 Å². The second-order valence-electron chi connectivity index (χ2n) is 16.3. The molecule has 9 aromatic rings. The summed E-state index contributed by atoms with van der Waals surface area (Å²) in [6, 6.07) is 45.4. The van der Waals surface area contributed by atoms with Gasteiger partial charge in [0.25, 0.3) is 0 Å². The first kappa shape index (κ1) is 40.7. The number of aromatic nitrogens is 3. The third kappa shape index (κ3) is 8.13. The number of nitrogens with zero attached hydrogens (tertiary/aromatic N) is 3. The molecule has 0 amide bonds. The number of rotatable bonds is 7. The number of hydrogen-bond donors (Lipinski definition) is 0. The van der Waals surface area contributed by atoms with Gasteiger partial charge in [0.2, 0.25) is 0 Å². The molecule has 0 bridgehead atoms. The van der Waals surface area contributed by atoms with Gasteiger partial charge >= 0.3 is 0 Å². The Balaban J connectivity index is 0.000000208. The molecule has 0 saturated heterocycles. The summed E-state index contributed by atoms with van der Waals surface area (Å²) in [4.78, 5) is 9.70. The van der Waals surface area contributed by atoms with Crippen LogP contribution in [0, 0.1) is 37.9 Å². The van der Waals surface area contributed by atoms with Crippen LogP contribution in [0.3, 0.4) is 0 Å². The van der Waals surface area contributed by atoms with Crippen molar-refractivity contribution in [2.24, 2.45) is 5.92 Å². The molecule has 0 aliphatic heterocycles. The van der Waals surface area contributed by atoms with Crippen molar-refractivity contribution in [2.75, 3.05) is 0 Å². The summed E-state index contributed by atoms with van der Waals surface area (Å²) in [5.41, 5.74) is 12.7. The van der Waals surface area contributed by atoms with E-state index in [9.17, 15) is 4.39 Å². The molecular weight excluding hydrogens is 910 g/mol. The predicted molar refractivity (Wildman–Crippen MR) is 238 cm³/mol. The standard InChI is InChI=1S/C33H22FN2O.C18H24NSi.Ir/c1-20-15-24(16-21(2)32(20)22-9-4-3-5-10-22)36-30-14-7-6-13-29(30)35-33(36)27-19-37-31-18-25-23(17-26(27)31)11-8-12-28(25)34;1-14(2)11-16-12-17(15-9-7-6-8-10-15)19-13-18(16)20(3,4)5;/h3-18H,1-2H3;6-9,12-14H,11H2,1-5H3;/q2*-1;. The molecule has 0 aliphatic carbocycles. The summed E-state index contributed by atoms with van der Waals surface area (Å²) in [6.07, 6.45) is 6.32. The molecule has 0 aliphatic rings. The topological polar surface area (TPSA) is 43.9 Å². The van der Waals surface area contributed by atoms with Crippen LogP contribution in [-0.4, -0.2) is 22.6 Å². The van der Waals surface area contributed by atoms with Crippen molar-refractivity contribution in [1.82, 2.24) is 14.5 Å². The number of halogens is 1. The van der Waals surface area contributed by atoms with E-state index in [2.05, 4.69) is 130 Å². The molecule has 3 aromatic heterocycles. The van der Waals surface area contributed by atoms with Gasteiger partial charge in [-0.2, -0.15) is 0 Å². The predicted octanol–water partition coefficient (Wildman–Crippen LogP) is 13.1. The minimum Gasteiger partial charge on any atom is -0.557 e. The van der Waals surface area contributed by atoms with Gasteiger partial charge in [0.05, 0.1) is 24.9 Å². The van der Waals surface area contributed by atoms with Gasteiger partial charge in [0, 0.05) is 49.2 Å². The largest absolute Gasteiger partial charge is 0.557 e. The average molecular weight is 956 g/mol. The van der Waals surface area contributed by atoms with Crippen molar-refractivity contribution < 1.29 is 28.9 Å². The number of hydrogen-bond acceptors (Lipinski definition) is 3. The van der Waals surface area contributed by atoms with Crippen LogP contribution >= 0.6 is 0 Å². The first-order chi connectivity index (χ1) is 27.5. The molecule has 3 heterocycles. The average Bonchev–Trinajstić information content (AvgIpc) is 3.78. The Bertz CT molecular complexity index is 2850. The van der Waals surface area contributed by atoms with E-state index in [4.69, 9.17) is 9.40 Å². The van der Waals surface area contributed by atoms with Crippen LogP contribution in [0.15, 0.2) is 138 Å². The van der Waals surface area contributed by atoms with Gasteiger partial charge in [-0.3, -0.25) is 4.98 Å². The normalized spacial score (nSPS) is 11.5. The van der Waals surface area contributed by atoms with E-state index in [0.717, 1.165) is 56.6 Å². The molecule has 0 spiro atoms. The molecule has 58 heavy (non-hydrogen) atoms. The smallest absolute Gasteiger partial charge is 0.130 e. The molecule has 9 rings (SSSR count). The van der Waals surface area contributed by atoms with Crippen LogP contribution in [0.25, 0.3) is 72.2 Å². The minimum atomic E-state index is -1.34. The zero-order valence-electron chi connectivity index (χ0n) is 33.9. The number of furan rings is 1. The van der Waals surface area contributed by atoms with Gasteiger partial charge in [0.1, 0.15) is 5.82 Å². The number of benzene rings is 6. The number of imidazole rings is 1. The van der Waals surface area contributed by atoms with Crippen LogP contribution in [0.4, 0.5) is 4.39 Å². The summed E-state index contributed by atoms with van der Waals surface area (Å²) in [5.74, 6) is 1.14. The summed E-state index contributed by atoms with van der Waals surface area (Å²) >= 11 is 0. The first-order valence-corrected chi connectivity index (χ1v) is 23.1. The Hall–Kier alpha value is -5.46. The Labute approximate surface area is 355 Å². The number of aryl methyl sites for hydroxylation is 2. The second kappa shape index (κ2) is 16.8. The molecule has 6 aromatic carbocycles. The summed E-state index contributed by atoms with van der Waals surface area (Å²) < 4.78 is 22.4. The van der Waals surface area contributed by atoms with Gasteiger partial charge in [0.15, 0.2) is 0 Å². The fourth-order valence-electron chi connectivity index (χ4n) is 7.94. The molecule has 0 saturated carbocycles. The van der Waals surface area contributed by atoms with E-state index in [-0.39, 0.29) is 25.9 Å². The molecular formula is C51H46FIrN3OSi-2. The second-order valence-corrected chi connectivity index (χ2v) is 21.4. The number of pyridine rings is 1. The van der Waals surface area contributed by atoms with E-state index in [1.54, 1.807) is 12.1 Å². The quantitative estimate of drug-likeness (QED) is 0.118. The van der Waals surface area contributed by atoms with E-state index >= 15 is 0 Å². The van der Waals surface area contributed by atoms with Crippen LogP contribution in [0.5, 0.6) is 0 Å². The van der Waals surface area contributed by atoms with Gasteiger partial charge in [-0.15, -0.1) is 35.9 Å². The third-order valence-electron chi connectivity index (χ3n) is 10.5. The number of para-hydroxylation sites is 2. The molecule has 4 nitrogen and oxygen atoms in total. The maximum Gasteiger partial charge on any atom is 0.130 e. The SMILES string of the molecule is CC(C)Cc1cc(-c2[c-]cccc2)ncc1[Si](C)(C)C.Cc1cc(-n2c(-c3[c-]oc4cc5c(F)cccc5cc34)nc3ccccc32)cc(C)c1-c1ccccc1.[Ir]. The number of fused-ring (bicyclic) bond motifs is 3. The van der Waals surface area contributed by atoms with Gasteiger partial charge in [-0.1, -0.05) is 123 Å². The monoisotopic (exact) mass is 956 g/mol. The van der Waals surface area contributed by atoms with Crippen LogP contribution < -0.4 is 5.19 Å². The Morgan fingerprint density at radius 3 is 2.22 bits per heavy atom. The van der Waals surface area contributed by atoms with Crippen LogP contribution in [-0.2, 0) is 26.5 Å². The van der Waals surface area contributed by atoms with Crippen molar-refractivity contribution in [3.63, 3.8) is 0 Å². The summed E-state index contributed by atoms with van der Waals surface area (Å²) in [7, 11) is -1.34. The zero-order chi connectivity index (χ0) is 39.8. The molecule has 1 radical (unpaired) electrons. The molecule has 0 unspecified atom stereocenters. The maximum absolute atomic E-state index is 14.4. The summed E-state index contributed by atoms with van der Waals surface area (Å²) in [6.45, 7) is 16.0. The molecule has 293 valence electrons. The van der Waals surface area contributed by atoms with Crippen LogP contribution in [0.2, 0.25) is 19.6 Å². The van der Waals surface area contributed by atoms with E-state index in [0.29, 0.717) is 16.9 Å². The van der Waals surface area contributed by atoms with Gasteiger partial charge < -0.3 is 14.0 Å². The van der Waals surface area contributed by atoms with Crippen LogP contribution in [0.1, 0.15) is 30.5 Å². The van der Waals surface area contributed by atoms with E-state index < -0.39 is 8.07 Å². The maximum atomic E-state index is 14.4. The summed E-state index contributed by atoms with van der Waals surface area (Å²) in [5, 5.41) is 3.68. The zero-order valence-corrected chi connectivity index (χ0v) is 37.3. The van der Waals surface area contributed by atoms with Gasteiger partial charge in [-0.05, 0) is 95.0 Å². The first-order valence-electron chi connectivity index (χ1n) is 19.6. The van der Waals surface area contributed by atoms with Gasteiger partial charge in [-0.25, -0.2) is 4.39 Å². The minimum absolute atomic E-state index is 0. The fourth-order valence-corrected chi connectivity index (χ4v) is 9.53. The molecule has 0 N–H and O–H groups in total. The molecule has 0 fully saturated rings. The Morgan fingerprint density at radius 1 is 0.793 bits per heavy atom. The Kier molecular flexibility index (Phi) is 11.8. The molecule has 0 atom stereocenters. The van der Waals surface area contributed by atoms with E-state index in [1.807, 2.05) is 54.6 Å². The Morgan fingerprint density at radius 2 is 1.52 bits per heavy atom. The van der Waals surface area contributed by atoms with E-state index in [1.165, 1.54) is 39.1 Å². The fraction of sp³-hybridized carbons (Fsp3) is 0.176.